The molecule has 116 valence electrons. The SMILES string of the molecule is CC(C)(C)OC(=O)Nc1cccc2c1nc1n2C2CCC1C2. The van der Waals surface area contributed by atoms with E-state index in [1.54, 1.807) is 0 Å². The number of carbonyl (C=O) groups excluding carboxylic acids is 1. The van der Waals surface area contributed by atoms with E-state index in [4.69, 9.17) is 9.72 Å². The van der Waals surface area contributed by atoms with Crippen molar-refractivity contribution in [2.75, 3.05) is 5.32 Å². The molecule has 2 atom stereocenters. The number of fused-ring (bicyclic) bond motifs is 7. The van der Waals surface area contributed by atoms with Crippen molar-refractivity contribution < 1.29 is 9.53 Å². The summed E-state index contributed by atoms with van der Waals surface area (Å²) in [6.45, 7) is 5.57. The number of rotatable bonds is 1. The number of aromatic nitrogens is 2. The van der Waals surface area contributed by atoms with Crippen molar-refractivity contribution in [2.24, 2.45) is 0 Å². The van der Waals surface area contributed by atoms with Gasteiger partial charge >= 0.3 is 6.09 Å². The Morgan fingerprint density at radius 1 is 1.36 bits per heavy atom. The third-order valence-corrected chi connectivity index (χ3v) is 4.52. The van der Waals surface area contributed by atoms with Crippen molar-refractivity contribution in [1.29, 1.82) is 0 Å². The van der Waals surface area contributed by atoms with E-state index in [1.165, 1.54) is 25.1 Å². The molecule has 1 N–H and O–H groups in total. The van der Waals surface area contributed by atoms with Crippen LogP contribution in [0.5, 0.6) is 0 Å². The van der Waals surface area contributed by atoms with E-state index in [0.717, 1.165) is 16.7 Å². The Morgan fingerprint density at radius 2 is 2.18 bits per heavy atom. The van der Waals surface area contributed by atoms with Gasteiger partial charge in [-0.25, -0.2) is 9.78 Å². The van der Waals surface area contributed by atoms with Gasteiger partial charge in [-0.1, -0.05) is 6.07 Å². The summed E-state index contributed by atoms with van der Waals surface area (Å²) in [6.07, 6.45) is 3.27. The number of imidazole rings is 1. The largest absolute Gasteiger partial charge is 0.444 e. The van der Waals surface area contributed by atoms with Crippen molar-refractivity contribution in [3.63, 3.8) is 0 Å². The number of anilines is 1. The Balaban J connectivity index is 1.70. The molecule has 2 aromatic rings. The zero-order valence-electron chi connectivity index (χ0n) is 13.2. The first-order valence-electron chi connectivity index (χ1n) is 7.93. The lowest BCUT2D eigenvalue weighted by molar-refractivity contribution is 0.0636. The summed E-state index contributed by atoms with van der Waals surface area (Å²) >= 11 is 0. The van der Waals surface area contributed by atoms with Crippen LogP contribution < -0.4 is 5.32 Å². The number of benzene rings is 1. The van der Waals surface area contributed by atoms with Crippen LogP contribution in [0, 0.1) is 0 Å². The van der Waals surface area contributed by atoms with Crippen LogP contribution in [-0.2, 0) is 4.74 Å². The van der Waals surface area contributed by atoms with E-state index in [9.17, 15) is 4.79 Å². The minimum absolute atomic E-state index is 0.434. The standard InChI is InChI=1S/C17H21N3O2/c1-17(2,3)22-16(21)18-12-5-4-6-13-14(12)19-15-10-7-8-11(9-10)20(13)15/h4-6,10-11H,7-9H2,1-3H3,(H,18,21). The van der Waals surface area contributed by atoms with Crippen molar-refractivity contribution in [2.45, 2.75) is 57.6 Å². The highest BCUT2D eigenvalue weighted by atomic mass is 16.6. The van der Waals surface area contributed by atoms with Gasteiger partial charge in [0.15, 0.2) is 0 Å². The Morgan fingerprint density at radius 3 is 2.95 bits per heavy atom. The van der Waals surface area contributed by atoms with Gasteiger partial charge in [0.25, 0.3) is 0 Å². The van der Waals surface area contributed by atoms with E-state index in [1.807, 2.05) is 32.9 Å². The zero-order valence-corrected chi connectivity index (χ0v) is 13.2. The van der Waals surface area contributed by atoms with Crippen LogP contribution in [0.1, 0.15) is 57.8 Å². The predicted octanol–water partition coefficient (Wildman–Crippen LogP) is 4.21. The average molecular weight is 299 g/mol. The van der Waals surface area contributed by atoms with Crippen LogP contribution in [0.25, 0.3) is 11.0 Å². The summed E-state index contributed by atoms with van der Waals surface area (Å²) in [4.78, 5) is 16.8. The summed E-state index contributed by atoms with van der Waals surface area (Å²) in [7, 11) is 0. The molecular weight excluding hydrogens is 278 g/mol. The minimum Gasteiger partial charge on any atom is -0.444 e. The number of nitrogens with one attached hydrogen (secondary N) is 1. The van der Waals surface area contributed by atoms with Gasteiger partial charge in [0, 0.05) is 12.0 Å². The fraction of sp³-hybridized carbons (Fsp3) is 0.529. The van der Waals surface area contributed by atoms with Gasteiger partial charge in [0.05, 0.1) is 11.2 Å². The van der Waals surface area contributed by atoms with Crippen molar-refractivity contribution >= 4 is 22.8 Å². The molecule has 1 aromatic heterocycles. The summed E-state index contributed by atoms with van der Waals surface area (Å²) in [5.74, 6) is 1.77. The molecule has 1 aliphatic heterocycles. The minimum atomic E-state index is -0.507. The summed E-state index contributed by atoms with van der Waals surface area (Å²) in [5.41, 5.74) is 2.22. The molecular formula is C17H21N3O2. The van der Waals surface area contributed by atoms with Crippen LogP contribution in [-0.4, -0.2) is 21.2 Å². The maximum Gasteiger partial charge on any atom is 0.412 e. The third kappa shape index (κ3) is 2.07. The smallest absolute Gasteiger partial charge is 0.412 e. The Kier molecular flexibility index (Phi) is 2.77. The first-order valence-corrected chi connectivity index (χ1v) is 7.93. The Hall–Kier alpha value is -2.04. The van der Waals surface area contributed by atoms with Gasteiger partial charge in [-0.15, -0.1) is 0 Å². The lowest BCUT2D eigenvalue weighted by Gasteiger charge is -2.19. The molecule has 1 aromatic carbocycles. The third-order valence-electron chi connectivity index (χ3n) is 4.52. The average Bonchev–Trinajstić information content (AvgIpc) is 3.07. The van der Waals surface area contributed by atoms with Crippen LogP contribution in [0.15, 0.2) is 18.2 Å². The van der Waals surface area contributed by atoms with E-state index in [-0.39, 0.29) is 0 Å². The molecule has 0 spiro atoms. The predicted molar refractivity (Wildman–Crippen MR) is 85.2 cm³/mol. The second-order valence-electron chi connectivity index (χ2n) is 7.30. The lowest BCUT2D eigenvalue weighted by atomic mass is 10.1. The normalized spacial score (nSPS) is 22.9. The van der Waals surface area contributed by atoms with Crippen LogP contribution in [0.2, 0.25) is 0 Å². The number of hydrogen-bond donors (Lipinski definition) is 1. The molecule has 2 bridgehead atoms. The summed E-state index contributed by atoms with van der Waals surface area (Å²) in [6, 6.07) is 6.53. The zero-order chi connectivity index (χ0) is 15.5. The quantitative estimate of drug-likeness (QED) is 0.858. The number of amides is 1. The van der Waals surface area contributed by atoms with Crippen LogP contribution in [0.3, 0.4) is 0 Å². The molecule has 1 amide bonds. The first kappa shape index (κ1) is 13.6. The maximum atomic E-state index is 12.0. The van der Waals surface area contributed by atoms with Gasteiger partial charge in [-0.05, 0) is 52.2 Å². The maximum absolute atomic E-state index is 12.0. The Labute approximate surface area is 129 Å². The molecule has 5 nitrogen and oxygen atoms in total. The molecule has 0 saturated heterocycles. The van der Waals surface area contributed by atoms with Crippen molar-refractivity contribution in [3.05, 3.63) is 24.0 Å². The molecule has 1 fully saturated rings. The van der Waals surface area contributed by atoms with E-state index < -0.39 is 11.7 Å². The summed E-state index contributed by atoms with van der Waals surface area (Å²) in [5, 5.41) is 2.84. The van der Waals surface area contributed by atoms with E-state index in [0.29, 0.717) is 12.0 Å². The molecule has 2 heterocycles. The number of hydrogen-bond acceptors (Lipinski definition) is 3. The second kappa shape index (κ2) is 4.48. The van der Waals surface area contributed by atoms with Gasteiger partial charge in [-0.3, -0.25) is 5.32 Å². The molecule has 2 aliphatic rings. The van der Waals surface area contributed by atoms with Crippen LogP contribution in [0.4, 0.5) is 10.5 Å². The number of nitrogens with zero attached hydrogens (tertiary/aromatic N) is 2. The van der Waals surface area contributed by atoms with Crippen LogP contribution >= 0.6 is 0 Å². The lowest BCUT2D eigenvalue weighted by Crippen LogP contribution is -2.27. The number of carbonyl (C=O) groups is 1. The topological polar surface area (TPSA) is 56.1 Å². The molecule has 0 radical (unpaired) electrons. The van der Waals surface area contributed by atoms with Gasteiger partial charge in [0.2, 0.25) is 0 Å². The molecule has 1 aliphatic carbocycles. The van der Waals surface area contributed by atoms with E-state index >= 15 is 0 Å². The highest BCUT2D eigenvalue weighted by Gasteiger charge is 2.39. The monoisotopic (exact) mass is 299 g/mol. The number of para-hydroxylation sites is 1. The van der Waals surface area contributed by atoms with Crippen molar-refractivity contribution in [1.82, 2.24) is 9.55 Å². The molecule has 4 rings (SSSR count). The molecule has 5 heteroatoms. The van der Waals surface area contributed by atoms with Gasteiger partial charge in [0.1, 0.15) is 16.9 Å². The molecule has 2 unspecified atom stereocenters. The Bertz CT molecular complexity index is 757. The number of ether oxygens (including phenoxy) is 1. The second-order valence-corrected chi connectivity index (χ2v) is 7.30. The molecule has 1 saturated carbocycles. The molecule has 22 heavy (non-hydrogen) atoms. The highest BCUT2D eigenvalue weighted by molar-refractivity contribution is 5.97. The van der Waals surface area contributed by atoms with Crippen molar-refractivity contribution in [3.8, 4) is 0 Å². The fourth-order valence-electron chi connectivity index (χ4n) is 3.75. The first-order chi connectivity index (χ1) is 10.4. The van der Waals surface area contributed by atoms with Gasteiger partial charge in [-0.2, -0.15) is 0 Å². The highest BCUT2D eigenvalue weighted by Crippen LogP contribution is 2.50. The fourth-order valence-corrected chi connectivity index (χ4v) is 3.75. The van der Waals surface area contributed by atoms with Gasteiger partial charge < -0.3 is 9.30 Å². The summed E-state index contributed by atoms with van der Waals surface area (Å²) < 4.78 is 7.70. The van der Waals surface area contributed by atoms with E-state index in [2.05, 4.69) is 16.0 Å².